The van der Waals surface area contributed by atoms with Crippen molar-refractivity contribution in [1.29, 1.82) is 0 Å². The van der Waals surface area contributed by atoms with Crippen molar-refractivity contribution >= 4 is 5.91 Å². The van der Waals surface area contributed by atoms with Gasteiger partial charge in [0.25, 0.3) is 0 Å². The van der Waals surface area contributed by atoms with Crippen molar-refractivity contribution in [2.45, 2.75) is 0 Å². The van der Waals surface area contributed by atoms with Gasteiger partial charge in [-0.3, -0.25) is 4.79 Å². The van der Waals surface area contributed by atoms with Crippen molar-refractivity contribution in [1.82, 2.24) is 10.6 Å². The summed E-state index contributed by atoms with van der Waals surface area (Å²) in [7, 11) is 0. The number of hydrogen-bond donors (Lipinski definition) is 2. The van der Waals surface area contributed by atoms with Crippen molar-refractivity contribution in [3.05, 3.63) is 24.7 Å². The van der Waals surface area contributed by atoms with Crippen molar-refractivity contribution in [2.24, 2.45) is 0 Å². The van der Waals surface area contributed by atoms with Crippen LogP contribution in [0.1, 0.15) is 0 Å². The minimum atomic E-state index is -0.105. The molecule has 0 aromatic carbocycles. The average Bonchev–Trinajstić information content (AvgIpc) is 1.94. The number of hydrogen-bond acceptors (Lipinski definition) is 2. The smallest absolute Gasteiger partial charge is 0.249 e. The Morgan fingerprint density at radius 2 is 2.12 bits per heavy atom. The molecule has 0 spiro atoms. The molecule has 1 aliphatic rings. The minimum Gasteiger partial charge on any atom is -0.366 e. The van der Waals surface area contributed by atoms with Gasteiger partial charge in [0.05, 0.1) is 0 Å². The van der Waals surface area contributed by atoms with Crippen molar-refractivity contribution < 1.29 is 4.79 Å². The largest absolute Gasteiger partial charge is 0.366 e. The summed E-state index contributed by atoms with van der Waals surface area (Å²) in [4.78, 5) is 10.4. The van der Waals surface area contributed by atoms with E-state index in [1.807, 2.05) is 0 Å². The summed E-state index contributed by atoms with van der Waals surface area (Å²) in [6.07, 6.45) is 6.17. The molecular weight excluding hydrogens is 104 g/mol. The fourth-order valence-corrected chi connectivity index (χ4v) is 0.399. The summed E-state index contributed by atoms with van der Waals surface area (Å²) in [5.41, 5.74) is 0. The first-order valence-corrected chi connectivity index (χ1v) is 2.28. The van der Waals surface area contributed by atoms with Crippen molar-refractivity contribution in [3.8, 4) is 0 Å². The summed E-state index contributed by atoms with van der Waals surface area (Å²) in [5, 5.41) is 5.21. The van der Waals surface area contributed by atoms with Crippen LogP contribution in [0.2, 0.25) is 0 Å². The number of carbonyl (C=O) groups excluding carboxylic acids is 1. The van der Waals surface area contributed by atoms with Gasteiger partial charge in [-0.15, -0.1) is 0 Å². The molecule has 42 valence electrons. The van der Waals surface area contributed by atoms with Crippen LogP contribution in [0, 0.1) is 0 Å². The van der Waals surface area contributed by atoms with Crippen LogP contribution in [-0.4, -0.2) is 5.91 Å². The monoisotopic (exact) mass is 110 g/mol. The minimum absolute atomic E-state index is 0.105. The lowest BCUT2D eigenvalue weighted by atomic mass is 10.6. The third-order valence-corrected chi connectivity index (χ3v) is 0.736. The van der Waals surface area contributed by atoms with Gasteiger partial charge in [-0.25, -0.2) is 0 Å². The highest BCUT2D eigenvalue weighted by atomic mass is 16.1. The maximum Gasteiger partial charge on any atom is 0.249 e. The van der Waals surface area contributed by atoms with Gasteiger partial charge in [0.15, 0.2) is 0 Å². The Hall–Kier alpha value is -1.25. The van der Waals surface area contributed by atoms with E-state index in [0.29, 0.717) is 0 Å². The lowest BCUT2D eigenvalue weighted by molar-refractivity contribution is -0.115. The zero-order chi connectivity index (χ0) is 5.82. The van der Waals surface area contributed by atoms with Crippen LogP contribution >= 0.6 is 0 Å². The predicted molar refractivity (Wildman–Crippen MR) is 29.6 cm³/mol. The van der Waals surface area contributed by atoms with Gasteiger partial charge in [-0.05, 0) is 0 Å². The normalized spacial score (nSPS) is 16.8. The second-order valence-corrected chi connectivity index (χ2v) is 1.34. The SMILES string of the molecule is O=C1C=CNC=CN1. The lowest BCUT2D eigenvalue weighted by Crippen LogP contribution is -2.11. The Morgan fingerprint density at radius 3 is 3.00 bits per heavy atom. The Kier molecular flexibility index (Phi) is 1.32. The third kappa shape index (κ3) is 1.11. The summed E-state index contributed by atoms with van der Waals surface area (Å²) >= 11 is 0. The van der Waals surface area contributed by atoms with Gasteiger partial charge >= 0.3 is 0 Å². The highest BCUT2D eigenvalue weighted by molar-refractivity contribution is 5.88. The fourth-order valence-electron chi connectivity index (χ4n) is 0.399. The zero-order valence-corrected chi connectivity index (χ0v) is 4.22. The molecular formula is C5H6N2O. The molecule has 3 nitrogen and oxygen atoms in total. The number of rotatable bonds is 0. The molecule has 1 aliphatic heterocycles. The molecule has 0 aromatic heterocycles. The summed E-state index contributed by atoms with van der Waals surface area (Å²) in [6, 6.07) is 0. The molecule has 0 unspecified atom stereocenters. The molecule has 0 saturated heterocycles. The van der Waals surface area contributed by atoms with Crippen LogP contribution < -0.4 is 10.6 Å². The average molecular weight is 110 g/mol. The zero-order valence-electron chi connectivity index (χ0n) is 4.22. The molecule has 0 atom stereocenters. The molecule has 0 fully saturated rings. The second kappa shape index (κ2) is 2.16. The van der Waals surface area contributed by atoms with E-state index >= 15 is 0 Å². The lowest BCUT2D eigenvalue weighted by Gasteiger charge is -1.84. The van der Waals surface area contributed by atoms with E-state index in [-0.39, 0.29) is 5.91 Å². The molecule has 1 heterocycles. The first-order chi connectivity index (χ1) is 3.89. The van der Waals surface area contributed by atoms with E-state index in [1.54, 1.807) is 18.6 Å². The van der Waals surface area contributed by atoms with E-state index in [4.69, 9.17) is 0 Å². The molecule has 0 aliphatic carbocycles. The molecule has 0 radical (unpaired) electrons. The van der Waals surface area contributed by atoms with E-state index < -0.39 is 0 Å². The third-order valence-electron chi connectivity index (χ3n) is 0.736. The maximum absolute atomic E-state index is 10.4. The summed E-state index contributed by atoms with van der Waals surface area (Å²) in [6.45, 7) is 0. The first kappa shape index (κ1) is 4.90. The van der Waals surface area contributed by atoms with Crippen LogP contribution in [0.4, 0.5) is 0 Å². The Balaban J connectivity index is 2.61. The van der Waals surface area contributed by atoms with E-state index in [9.17, 15) is 4.79 Å². The van der Waals surface area contributed by atoms with Crippen LogP contribution in [-0.2, 0) is 4.79 Å². The quantitative estimate of drug-likeness (QED) is 0.449. The van der Waals surface area contributed by atoms with Gasteiger partial charge in [-0.2, -0.15) is 0 Å². The van der Waals surface area contributed by atoms with Gasteiger partial charge < -0.3 is 10.6 Å². The number of nitrogens with one attached hydrogen (secondary N) is 2. The second-order valence-electron chi connectivity index (χ2n) is 1.34. The standard InChI is InChI=1S/C5H6N2O/c8-5-1-2-6-3-4-7-5/h1-4,6H,(H,7,8). The summed E-state index contributed by atoms with van der Waals surface area (Å²) < 4.78 is 0. The highest BCUT2D eigenvalue weighted by Crippen LogP contribution is 1.75. The predicted octanol–water partition coefficient (Wildman–Crippen LogP) is -0.309. The Labute approximate surface area is 47.1 Å². The van der Waals surface area contributed by atoms with Crippen LogP contribution in [0.3, 0.4) is 0 Å². The topological polar surface area (TPSA) is 41.1 Å². The fraction of sp³-hybridized carbons (Fsp3) is 0. The molecule has 0 aromatic rings. The Bertz CT molecular complexity index is 149. The maximum atomic E-state index is 10.4. The molecule has 0 bridgehead atoms. The van der Waals surface area contributed by atoms with E-state index in [2.05, 4.69) is 10.6 Å². The molecule has 8 heavy (non-hydrogen) atoms. The van der Waals surface area contributed by atoms with Crippen LogP contribution in [0.25, 0.3) is 0 Å². The van der Waals surface area contributed by atoms with Crippen molar-refractivity contribution in [3.63, 3.8) is 0 Å². The Morgan fingerprint density at radius 1 is 1.25 bits per heavy atom. The molecule has 1 rings (SSSR count). The number of amides is 1. The highest BCUT2D eigenvalue weighted by Gasteiger charge is 1.89. The van der Waals surface area contributed by atoms with E-state index in [0.717, 1.165) is 0 Å². The molecule has 1 amide bonds. The van der Waals surface area contributed by atoms with Gasteiger partial charge in [0.2, 0.25) is 5.91 Å². The van der Waals surface area contributed by atoms with Crippen LogP contribution in [0.15, 0.2) is 24.7 Å². The van der Waals surface area contributed by atoms with Gasteiger partial charge in [-0.1, -0.05) is 0 Å². The summed E-state index contributed by atoms with van der Waals surface area (Å²) in [5.74, 6) is -0.105. The molecule has 2 N–H and O–H groups in total. The van der Waals surface area contributed by atoms with Gasteiger partial charge in [0.1, 0.15) is 0 Å². The van der Waals surface area contributed by atoms with Crippen LogP contribution in [0.5, 0.6) is 0 Å². The van der Waals surface area contributed by atoms with Crippen molar-refractivity contribution in [2.75, 3.05) is 0 Å². The number of carbonyl (C=O) groups is 1. The van der Waals surface area contributed by atoms with E-state index in [1.165, 1.54) is 6.08 Å². The first-order valence-electron chi connectivity index (χ1n) is 2.28. The van der Waals surface area contributed by atoms with Gasteiger partial charge in [0, 0.05) is 24.7 Å². The molecule has 0 saturated carbocycles. The molecule has 3 heteroatoms.